The summed E-state index contributed by atoms with van der Waals surface area (Å²) in [5.41, 5.74) is 7.77. The maximum absolute atomic E-state index is 11.7. The van der Waals surface area contributed by atoms with E-state index in [1.54, 1.807) is 11.0 Å². The van der Waals surface area contributed by atoms with Crippen LogP contribution in [0, 0.1) is 11.3 Å². The fourth-order valence-electron chi connectivity index (χ4n) is 1.93. The molecule has 5 heteroatoms. The van der Waals surface area contributed by atoms with Crippen LogP contribution in [0.15, 0.2) is 18.2 Å². The number of amides is 1. The summed E-state index contributed by atoms with van der Waals surface area (Å²) >= 11 is 0. The number of nitriles is 1. The van der Waals surface area contributed by atoms with Gasteiger partial charge in [-0.2, -0.15) is 5.26 Å². The molecule has 2 rings (SSSR count). The Balaban J connectivity index is 2.07. The third kappa shape index (κ3) is 3.46. The summed E-state index contributed by atoms with van der Waals surface area (Å²) in [4.78, 5) is 13.5. The van der Waals surface area contributed by atoms with Crippen molar-refractivity contribution in [2.75, 3.05) is 18.5 Å². The predicted octanol–water partition coefficient (Wildman–Crippen LogP) is 0.732. The van der Waals surface area contributed by atoms with Gasteiger partial charge >= 0.3 is 0 Å². The second-order valence-corrected chi connectivity index (χ2v) is 4.87. The largest absolute Gasteiger partial charge is 0.364 e. The molecule has 0 unspecified atom stereocenters. The first-order chi connectivity index (χ1) is 9.13. The first kappa shape index (κ1) is 13.4. The molecule has 1 aromatic carbocycles. The van der Waals surface area contributed by atoms with Crippen molar-refractivity contribution in [2.45, 2.75) is 25.4 Å². The van der Waals surface area contributed by atoms with Crippen LogP contribution in [0.3, 0.4) is 0 Å². The molecular formula is C14H18N4O. The van der Waals surface area contributed by atoms with Gasteiger partial charge in [-0.05, 0) is 30.5 Å². The second kappa shape index (κ2) is 5.72. The Morgan fingerprint density at radius 2 is 2.32 bits per heavy atom. The monoisotopic (exact) mass is 258 g/mol. The van der Waals surface area contributed by atoms with Crippen LogP contribution < -0.4 is 16.0 Å². The number of nitrogens with two attached hydrogens (primary N) is 1. The lowest BCUT2D eigenvalue weighted by atomic mass is 10.1. The van der Waals surface area contributed by atoms with Gasteiger partial charge in [-0.3, -0.25) is 4.79 Å². The molecule has 0 bridgehead atoms. The summed E-state index contributed by atoms with van der Waals surface area (Å²) in [5, 5.41) is 12.1. The van der Waals surface area contributed by atoms with E-state index in [1.165, 1.54) is 0 Å². The smallest absolute Gasteiger partial charge is 0.239 e. The van der Waals surface area contributed by atoms with Gasteiger partial charge in [-0.15, -0.1) is 0 Å². The Kier molecular flexibility index (Phi) is 4.03. The highest BCUT2D eigenvalue weighted by atomic mass is 16.2. The lowest BCUT2D eigenvalue weighted by Crippen LogP contribution is -2.36. The molecule has 1 saturated carbocycles. The van der Waals surface area contributed by atoms with Gasteiger partial charge in [0.25, 0.3) is 0 Å². The van der Waals surface area contributed by atoms with E-state index < -0.39 is 0 Å². The van der Waals surface area contributed by atoms with E-state index >= 15 is 0 Å². The number of nitrogens with zero attached hydrogens (tertiary/aromatic N) is 2. The zero-order chi connectivity index (χ0) is 13.8. The average Bonchev–Trinajstić information content (AvgIpc) is 3.21. The highest BCUT2D eigenvalue weighted by molar-refractivity contribution is 5.82. The molecule has 1 aliphatic rings. The number of nitrogens with one attached hydrogen (secondary N) is 1. The van der Waals surface area contributed by atoms with Crippen molar-refractivity contribution < 1.29 is 4.79 Å². The van der Waals surface area contributed by atoms with Gasteiger partial charge in [0, 0.05) is 19.6 Å². The molecule has 1 fully saturated rings. The van der Waals surface area contributed by atoms with Crippen LogP contribution in [-0.4, -0.2) is 25.5 Å². The van der Waals surface area contributed by atoms with E-state index in [1.807, 2.05) is 19.2 Å². The fraction of sp³-hybridized carbons (Fsp3) is 0.429. The van der Waals surface area contributed by atoms with Gasteiger partial charge in [0.05, 0.1) is 17.8 Å². The van der Waals surface area contributed by atoms with E-state index in [-0.39, 0.29) is 12.5 Å². The molecule has 3 N–H and O–H groups in total. The molecule has 0 aliphatic heterocycles. The summed E-state index contributed by atoms with van der Waals surface area (Å²) in [7, 11) is 1.81. The zero-order valence-electron chi connectivity index (χ0n) is 11.0. The molecule has 0 radical (unpaired) electrons. The van der Waals surface area contributed by atoms with Crippen LogP contribution in [0.1, 0.15) is 24.0 Å². The first-order valence-electron chi connectivity index (χ1n) is 6.37. The Bertz CT molecular complexity index is 517. The molecule has 1 aromatic rings. The van der Waals surface area contributed by atoms with Gasteiger partial charge in [-0.1, -0.05) is 6.07 Å². The number of anilines is 1. The van der Waals surface area contributed by atoms with Gasteiger partial charge in [-0.25, -0.2) is 0 Å². The maximum Gasteiger partial charge on any atom is 0.239 e. The number of benzene rings is 1. The van der Waals surface area contributed by atoms with Gasteiger partial charge in [0.1, 0.15) is 6.07 Å². The van der Waals surface area contributed by atoms with Crippen molar-refractivity contribution in [2.24, 2.45) is 5.73 Å². The van der Waals surface area contributed by atoms with Gasteiger partial charge in [0.15, 0.2) is 0 Å². The minimum atomic E-state index is -0.00297. The van der Waals surface area contributed by atoms with Crippen molar-refractivity contribution >= 4 is 11.6 Å². The van der Waals surface area contributed by atoms with Crippen molar-refractivity contribution in [3.63, 3.8) is 0 Å². The van der Waals surface area contributed by atoms with Crippen molar-refractivity contribution in [1.29, 1.82) is 5.26 Å². The van der Waals surface area contributed by atoms with E-state index in [9.17, 15) is 4.79 Å². The third-order valence-electron chi connectivity index (χ3n) is 3.15. The summed E-state index contributed by atoms with van der Waals surface area (Å²) in [6, 6.07) is 7.99. The molecule has 5 nitrogen and oxygen atoms in total. The summed E-state index contributed by atoms with van der Waals surface area (Å²) in [5.74, 6) is -0.00297. The van der Waals surface area contributed by atoms with E-state index in [0.717, 1.165) is 24.1 Å². The van der Waals surface area contributed by atoms with E-state index in [4.69, 9.17) is 11.0 Å². The van der Waals surface area contributed by atoms with Crippen LogP contribution in [0.25, 0.3) is 0 Å². The highest BCUT2D eigenvalue weighted by Gasteiger charge is 2.23. The molecular weight excluding hydrogens is 240 g/mol. The Morgan fingerprint density at radius 1 is 1.58 bits per heavy atom. The Labute approximate surface area is 113 Å². The number of carbonyl (C=O) groups excluding carboxylic acids is 1. The van der Waals surface area contributed by atoms with Crippen molar-refractivity contribution in [3.05, 3.63) is 29.3 Å². The molecule has 1 amide bonds. The summed E-state index contributed by atoms with van der Waals surface area (Å²) in [6.07, 6.45) is 2.15. The SMILES string of the molecule is CN(CC(=O)NC1CC1)c1ccc(CN)cc1C#N. The molecule has 19 heavy (non-hydrogen) atoms. The Morgan fingerprint density at radius 3 is 2.89 bits per heavy atom. The molecule has 0 saturated heterocycles. The molecule has 0 aromatic heterocycles. The quantitative estimate of drug-likeness (QED) is 0.815. The van der Waals surface area contributed by atoms with Crippen molar-refractivity contribution in [3.8, 4) is 6.07 Å². The highest BCUT2D eigenvalue weighted by Crippen LogP contribution is 2.21. The van der Waals surface area contributed by atoms with E-state index in [0.29, 0.717) is 18.2 Å². The number of likely N-dealkylation sites (N-methyl/N-ethyl adjacent to an activating group) is 1. The summed E-state index contributed by atoms with van der Waals surface area (Å²) < 4.78 is 0. The Hall–Kier alpha value is -2.06. The average molecular weight is 258 g/mol. The first-order valence-corrected chi connectivity index (χ1v) is 6.37. The van der Waals surface area contributed by atoms with E-state index in [2.05, 4.69) is 11.4 Å². The molecule has 0 spiro atoms. The zero-order valence-corrected chi connectivity index (χ0v) is 11.0. The lowest BCUT2D eigenvalue weighted by Gasteiger charge is -2.20. The lowest BCUT2D eigenvalue weighted by molar-refractivity contribution is -0.119. The minimum Gasteiger partial charge on any atom is -0.364 e. The summed E-state index contributed by atoms with van der Waals surface area (Å²) in [6.45, 7) is 0.661. The number of rotatable bonds is 5. The number of hydrogen-bond acceptors (Lipinski definition) is 4. The van der Waals surface area contributed by atoms with Crippen LogP contribution >= 0.6 is 0 Å². The predicted molar refractivity (Wildman–Crippen MR) is 73.5 cm³/mol. The van der Waals surface area contributed by atoms with Gasteiger partial charge in [0.2, 0.25) is 5.91 Å². The van der Waals surface area contributed by atoms with Crippen LogP contribution in [0.4, 0.5) is 5.69 Å². The molecule has 0 atom stereocenters. The molecule has 1 aliphatic carbocycles. The molecule has 100 valence electrons. The molecule has 0 heterocycles. The minimum absolute atomic E-state index is 0.00297. The van der Waals surface area contributed by atoms with Crippen molar-refractivity contribution in [1.82, 2.24) is 5.32 Å². The topological polar surface area (TPSA) is 82.2 Å². The van der Waals surface area contributed by atoms with Crippen LogP contribution in [0.5, 0.6) is 0 Å². The fourth-order valence-corrected chi connectivity index (χ4v) is 1.93. The second-order valence-electron chi connectivity index (χ2n) is 4.87. The van der Waals surface area contributed by atoms with Crippen LogP contribution in [-0.2, 0) is 11.3 Å². The number of carbonyl (C=O) groups is 1. The number of hydrogen-bond donors (Lipinski definition) is 2. The third-order valence-corrected chi connectivity index (χ3v) is 3.15. The van der Waals surface area contributed by atoms with Crippen LogP contribution in [0.2, 0.25) is 0 Å². The standard InChI is InChI=1S/C14H18N4O/c1-18(9-14(19)17-12-3-4-12)13-5-2-10(7-15)6-11(13)8-16/h2,5-6,12H,3-4,7,9,15H2,1H3,(H,17,19). The maximum atomic E-state index is 11.7. The normalized spacial score (nSPS) is 13.7. The van der Waals surface area contributed by atoms with Gasteiger partial charge < -0.3 is 16.0 Å².